The van der Waals surface area contributed by atoms with E-state index in [2.05, 4.69) is 27.7 Å². The lowest BCUT2D eigenvalue weighted by Gasteiger charge is -2.25. The van der Waals surface area contributed by atoms with Crippen LogP contribution in [0.5, 0.6) is 0 Å². The molecular formula is C12H20O. The van der Waals surface area contributed by atoms with Crippen molar-refractivity contribution in [1.82, 2.24) is 0 Å². The van der Waals surface area contributed by atoms with Gasteiger partial charge in [0.25, 0.3) is 0 Å². The molecule has 1 nitrogen and oxygen atoms in total. The van der Waals surface area contributed by atoms with Crippen LogP contribution >= 0.6 is 0 Å². The van der Waals surface area contributed by atoms with Gasteiger partial charge < -0.3 is 0 Å². The van der Waals surface area contributed by atoms with E-state index in [-0.39, 0.29) is 0 Å². The molecule has 0 atom stereocenters. The number of carbonyl (C=O) groups excluding carboxylic acids is 1. The summed E-state index contributed by atoms with van der Waals surface area (Å²) in [7, 11) is 0. The average Bonchev–Trinajstić information content (AvgIpc) is 2.03. The van der Waals surface area contributed by atoms with Crippen molar-refractivity contribution in [2.24, 2.45) is 11.8 Å². The summed E-state index contributed by atoms with van der Waals surface area (Å²) in [5.41, 5.74) is 2.95. The Morgan fingerprint density at radius 1 is 0.923 bits per heavy atom. The zero-order chi connectivity index (χ0) is 10.0. The summed E-state index contributed by atoms with van der Waals surface area (Å²) in [4.78, 5) is 11.3. The normalized spacial score (nSPS) is 19.1. The van der Waals surface area contributed by atoms with Crippen LogP contribution in [0.25, 0.3) is 0 Å². The second-order valence-electron chi connectivity index (χ2n) is 4.58. The van der Waals surface area contributed by atoms with E-state index in [1.54, 1.807) is 0 Å². The minimum absolute atomic E-state index is 0.424. The van der Waals surface area contributed by atoms with Crippen LogP contribution in [0.4, 0.5) is 0 Å². The Morgan fingerprint density at radius 3 is 1.92 bits per heavy atom. The first-order valence-corrected chi connectivity index (χ1v) is 5.26. The number of hydrogen-bond donors (Lipinski definition) is 0. The Labute approximate surface area is 81.2 Å². The van der Waals surface area contributed by atoms with Crippen LogP contribution in [0.3, 0.4) is 0 Å². The van der Waals surface area contributed by atoms with Crippen molar-refractivity contribution in [2.75, 3.05) is 0 Å². The van der Waals surface area contributed by atoms with E-state index in [1.807, 2.05) is 0 Å². The molecule has 74 valence electrons. The number of allylic oxidation sites excluding steroid dienone is 2. The summed E-state index contributed by atoms with van der Waals surface area (Å²) in [5, 5.41) is 0. The molecule has 0 radical (unpaired) electrons. The van der Waals surface area contributed by atoms with E-state index in [9.17, 15) is 4.79 Å². The van der Waals surface area contributed by atoms with E-state index in [0.29, 0.717) is 24.0 Å². The van der Waals surface area contributed by atoms with Gasteiger partial charge in [0.05, 0.1) is 0 Å². The maximum absolute atomic E-state index is 11.3. The molecule has 0 fully saturated rings. The lowest BCUT2D eigenvalue weighted by atomic mass is 9.80. The molecule has 1 rings (SSSR count). The third kappa shape index (κ3) is 2.43. The van der Waals surface area contributed by atoms with E-state index >= 15 is 0 Å². The number of ketones is 1. The van der Waals surface area contributed by atoms with Crippen molar-refractivity contribution >= 4 is 5.78 Å². The smallest absolute Gasteiger partial charge is 0.137 e. The first kappa shape index (κ1) is 10.5. The first-order chi connectivity index (χ1) is 6.02. The molecule has 1 heteroatoms. The molecule has 1 aliphatic carbocycles. The van der Waals surface area contributed by atoms with Gasteiger partial charge in [-0.3, -0.25) is 4.79 Å². The van der Waals surface area contributed by atoms with Crippen molar-refractivity contribution in [3.05, 3.63) is 11.1 Å². The van der Waals surface area contributed by atoms with Crippen molar-refractivity contribution in [3.63, 3.8) is 0 Å². The van der Waals surface area contributed by atoms with Gasteiger partial charge in [0.15, 0.2) is 0 Å². The van der Waals surface area contributed by atoms with Gasteiger partial charge in [-0.1, -0.05) is 38.8 Å². The zero-order valence-electron chi connectivity index (χ0n) is 9.18. The number of carbonyl (C=O) groups is 1. The average molecular weight is 180 g/mol. The molecule has 0 unspecified atom stereocenters. The number of rotatable bonds is 2. The summed E-state index contributed by atoms with van der Waals surface area (Å²) >= 11 is 0. The van der Waals surface area contributed by atoms with Gasteiger partial charge in [-0.15, -0.1) is 0 Å². The van der Waals surface area contributed by atoms with Gasteiger partial charge in [-0.05, 0) is 18.3 Å². The zero-order valence-corrected chi connectivity index (χ0v) is 9.18. The summed E-state index contributed by atoms with van der Waals surface area (Å²) in [6.07, 6.45) is 2.49. The molecule has 0 aliphatic heterocycles. The molecule has 0 aromatic rings. The minimum atomic E-state index is 0.424. The predicted molar refractivity (Wildman–Crippen MR) is 55.6 cm³/mol. The van der Waals surface area contributed by atoms with Gasteiger partial charge in [0.2, 0.25) is 0 Å². The Balaban J connectivity index is 2.93. The Morgan fingerprint density at radius 2 is 1.46 bits per heavy atom. The molecule has 0 heterocycles. The van der Waals surface area contributed by atoms with Gasteiger partial charge in [0, 0.05) is 12.8 Å². The van der Waals surface area contributed by atoms with Crippen LogP contribution in [0.15, 0.2) is 11.1 Å². The quantitative estimate of drug-likeness (QED) is 0.596. The molecule has 0 saturated carbocycles. The highest BCUT2D eigenvalue weighted by atomic mass is 16.1. The third-order valence-corrected chi connectivity index (χ3v) is 2.87. The van der Waals surface area contributed by atoms with E-state index < -0.39 is 0 Å². The Bertz CT molecular complexity index is 234. The van der Waals surface area contributed by atoms with Gasteiger partial charge in [-0.25, -0.2) is 0 Å². The SMILES string of the molecule is CC(C)C1=C(C(C)C)CC(=O)CC1. The van der Waals surface area contributed by atoms with Crippen molar-refractivity contribution in [1.29, 1.82) is 0 Å². The van der Waals surface area contributed by atoms with Crippen LogP contribution in [-0.4, -0.2) is 5.78 Å². The van der Waals surface area contributed by atoms with Crippen LogP contribution in [0.2, 0.25) is 0 Å². The van der Waals surface area contributed by atoms with E-state index in [1.165, 1.54) is 11.1 Å². The molecule has 0 aromatic carbocycles. The lowest BCUT2D eigenvalue weighted by molar-refractivity contribution is -0.118. The van der Waals surface area contributed by atoms with Gasteiger partial charge in [0.1, 0.15) is 5.78 Å². The molecular weight excluding hydrogens is 160 g/mol. The first-order valence-electron chi connectivity index (χ1n) is 5.26. The third-order valence-electron chi connectivity index (χ3n) is 2.87. The second-order valence-corrected chi connectivity index (χ2v) is 4.58. The largest absolute Gasteiger partial charge is 0.299 e. The minimum Gasteiger partial charge on any atom is -0.299 e. The highest BCUT2D eigenvalue weighted by Gasteiger charge is 2.21. The fourth-order valence-corrected chi connectivity index (χ4v) is 2.08. The van der Waals surface area contributed by atoms with Crippen LogP contribution in [0, 0.1) is 11.8 Å². The summed E-state index contributed by atoms with van der Waals surface area (Å²) in [5.74, 6) is 1.58. The number of Topliss-reactive ketones (excluding diaryl/α,β-unsaturated/α-hetero) is 1. The molecule has 0 aromatic heterocycles. The van der Waals surface area contributed by atoms with Crippen molar-refractivity contribution in [2.45, 2.75) is 47.0 Å². The molecule has 0 N–H and O–H groups in total. The fourth-order valence-electron chi connectivity index (χ4n) is 2.08. The fraction of sp³-hybridized carbons (Fsp3) is 0.750. The van der Waals surface area contributed by atoms with Crippen molar-refractivity contribution in [3.8, 4) is 0 Å². The maximum Gasteiger partial charge on any atom is 0.137 e. The summed E-state index contributed by atoms with van der Waals surface area (Å²) in [6.45, 7) is 8.84. The Hall–Kier alpha value is -0.590. The predicted octanol–water partition coefficient (Wildman–Crippen LogP) is 3.35. The highest BCUT2D eigenvalue weighted by molar-refractivity contribution is 5.82. The van der Waals surface area contributed by atoms with Crippen LogP contribution < -0.4 is 0 Å². The standard InChI is InChI=1S/C12H20O/c1-8(2)11-6-5-10(13)7-12(11)9(3)4/h8-9H,5-7H2,1-4H3. The monoisotopic (exact) mass is 180 g/mol. The lowest BCUT2D eigenvalue weighted by Crippen LogP contribution is -2.15. The van der Waals surface area contributed by atoms with Gasteiger partial charge >= 0.3 is 0 Å². The molecule has 0 saturated heterocycles. The van der Waals surface area contributed by atoms with Crippen molar-refractivity contribution < 1.29 is 4.79 Å². The van der Waals surface area contributed by atoms with E-state index in [4.69, 9.17) is 0 Å². The highest BCUT2D eigenvalue weighted by Crippen LogP contribution is 2.32. The maximum atomic E-state index is 11.3. The molecule has 13 heavy (non-hydrogen) atoms. The van der Waals surface area contributed by atoms with Crippen LogP contribution in [0.1, 0.15) is 47.0 Å². The van der Waals surface area contributed by atoms with Gasteiger partial charge in [-0.2, -0.15) is 0 Å². The summed E-state index contributed by atoms with van der Waals surface area (Å²) in [6, 6.07) is 0. The Kier molecular flexibility index (Phi) is 3.29. The molecule has 0 spiro atoms. The number of hydrogen-bond acceptors (Lipinski definition) is 1. The molecule has 0 bridgehead atoms. The molecule has 1 aliphatic rings. The second kappa shape index (κ2) is 4.08. The molecule has 0 amide bonds. The van der Waals surface area contributed by atoms with E-state index in [0.717, 1.165) is 12.8 Å². The van der Waals surface area contributed by atoms with Crippen LogP contribution in [-0.2, 0) is 4.79 Å². The topological polar surface area (TPSA) is 17.1 Å². The summed E-state index contributed by atoms with van der Waals surface area (Å²) < 4.78 is 0.